The number of benzene rings is 1. The molecule has 0 bridgehead atoms. The van der Waals surface area contributed by atoms with Gasteiger partial charge >= 0.3 is 5.97 Å². The van der Waals surface area contributed by atoms with Crippen molar-refractivity contribution in [1.29, 1.82) is 0 Å². The van der Waals surface area contributed by atoms with Gasteiger partial charge in [0.2, 0.25) is 0 Å². The zero-order valence-electron chi connectivity index (χ0n) is 10.6. The summed E-state index contributed by atoms with van der Waals surface area (Å²) in [6.45, 7) is 6.08. The van der Waals surface area contributed by atoms with E-state index in [9.17, 15) is 9.90 Å². The lowest BCUT2D eigenvalue weighted by Crippen LogP contribution is -2.15. The highest BCUT2D eigenvalue weighted by Crippen LogP contribution is 2.32. The minimum atomic E-state index is -1.28. The molecule has 0 spiro atoms. The maximum Gasteiger partial charge on any atom is 0.339 e. The molecule has 1 aromatic carbocycles. The minimum absolute atomic E-state index is 0.241. The highest BCUT2D eigenvalue weighted by atomic mass is 35.5. The van der Waals surface area contributed by atoms with Crippen LogP contribution in [0.25, 0.3) is 0 Å². The Balaban J connectivity index is 2.86. The van der Waals surface area contributed by atoms with Crippen LogP contribution < -0.4 is 0 Å². The number of halogens is 1. The molecule has 0 radical (unpaired) electrons. The maximum atomic E-state index is 11.4. The average molecular weight is 289 g/mol. The van der Waals surface area contributed by atoms with E-state index < -0.39 is 12.1 Å². The maximum absolute atomic E-state index is 11.4. The fourth-order valence-corrected chi connectivity index (χ4v) is 2.54. The zero-order valence-corrected chi connectivity index (χ0v) is 12.2. The Kier molecular flexibility index (Phi) is 5.99. The molecule has 0 heterocycles. The number of hydrogen-bond donors (Lipinski definition) is 1. The summed E-state index contributed by atoms with van der Waals surface area (Å²) in [6, 6.07) is 5.11. The molecule has 0 aliphatic carbocycles. The topological polar surface area (TPSA) is 46.5 Å². The van der Waals surface area contributed by atoms with Crippen molar-refractivity contribution in [2.45, 2.75) is 37.0 Å². The van der Waals surface area contributed by atoms with Crippen molar-refractivity contribution >= 4 is 29.3 Å². The van der Waals surface area contributed by atoms with Gasteiger partial charge < -0.3 is 9.84 Å². The number of carbonyl (C=O) groups is 1. The van der Waals surface area contributed by atoms with Gasteiger partial charge in [-0.1, -0.05) is 31.5 Å². The third kappa shape index (κ3) is 4.19. The number of thioether (sulfide) groups is 1. The largest absolute Gasteiger partial charge is 0.464 e. The summed E-state index contributed by atoms with van der Waals surface area (Å²) in [5, 5.41) is 10.7. The van der Waals surface area contributed by atoms with E-state index in [1.165, 1.54) is 0 Å². The van der Waals surface area contributed by atoms with E-state index in [-0.39, 0.29) is 6.61 Å². The van der Waals surface area contributed by atoms with E-state index in [0.29, 0.717) is 15.8 Å². The van der Waals surface area contributed by atoms with Gasteiger partial charge in [0.15, 0.2) is 6.10 Å². The number of hydrogen-bond acceptors (Lipinski definition) is 4. The van der Waals surface area contributed by atoms with Crippen LogP contribution in [0.1, 0.15) is 32.4 Å². The smallest absolute Gasteiger partial charge is 0.339 e. The molecule has 5 heteroatoms. The first-order chi connectivity index (χ1) is 8.45. The Morgan fingerprint density at radius 3 is 2.67 bits per heavy atom. The van der Waals surface area contributed by atoms with Crippen LogP contribution >= 0.6 is 23.4 Å². The van der Waals surface area contributed by atoms with Crippen molar-refractivity contribution in [1.82, 2.24) is 0 Å². The van der Waals surface area contributed by atoms with Crippen LogP contribution in [0.5, 0.6) is 0 Å². The fourth-order valence-electron chi connectivity index (χ4n) is 1.39. The van der Waals surface area contributed by atoms with Gasteiger partial charge in [0.25, 0.3) is 0 Å². The van der Waals surface area contributed by atoms with Gasteiger partial charge in [0.05, 0.1) is 11.6 Å². The van der Waals surface area contributed by atoms with Crippen LogP contribution in [-0.4, -0.2) is 22.9 Å². The fraction of sp³-hybridized carbons (Fsp3) is 0.462. The van der Waals surface area contributed by atoms with Crippen LogP contribution in [0.4, 0.5) is 0 Å². The van der Waals surface area contributed by atoms with Gasteiger partial charge in [-0.15, -0.1) is 11.8 Å². The molecule has 3 nitrogen and oxygen atoms in total. The van der Waals surface area contributed by atoms with Crippen LogP contribution in [0.2, 0.25) is 5.02 Å². The third-order valence-corrected chi connectivity index (χ3v) is 3.65. The Morgan fingerprint density at radius 2 is 2.17 bits per heavy atom. The first-order valence-electron chi connectivity index (χ1n) is 5.76. The van der Waals surface area contributed by atoms with Crippen LogP contribution in [0.15, 0.2) is 23.1 Å². The van der Waals surface area contributed by atoms with Gasteiger partial charge in [-0.05, 0) is 24.6 Å². The van der Waals surface area contributed by atoms with E-state index in [0.717, 1.165) is 4.90 Å². The Morgan fingerprint density at radius 1 is 1.50 bits per heavy atom. The van der Waals surface area contributed by atoms with Gasteiger partial charge in [0.1, 0.15) is 0 Å². The molecule has 0 saturated carbocycles. The van der Waals surface area contributed by atoms with Crippen molar-refractivity contribution in [2.75, 3.05) is 6.61 Å². The number of aliphatic hydroxyl groups excluding tert-OH is 1. The van der Waals surface area contributed by atoms with E-state index in [4.69, 9.17) is 16.3 Å². The highest BCUT2D eigenvalue weighted by molar-refractivity contribution is 8.00. The molecule has 1 rings (SSSR count). The summed E-state index contributed by atoms with van der Waals surface area (Å²) < 4.78 is 4.76. The lowest BCUT2D eigenvalue weighted by atomic mass is 10.1. The summed E-state index contributed by atoms with van der Waals surface area (Å²) in [4.78, 5) is 12.3. The standard InChI is InChI=1S/C13H17ClO3S/c1-4-17-13(16)12(15)9-5-6-11(10(14)7-9)18-8(2)3/h5-8,12,15H,4H2,1-3H3. The number of rotatable bonds is 5. The molecular weight excluding hydrogens is 272 g/mol. The minimum Gasteiger partial charge on any atom is -0.464 e. The van der Waals surface area contributed by atoms with E-state index >= 15 is 0 Å². The molecule has 0 aliphatic heterocycles. The average Bonchev–Trinajstić information content (AvgIpc) is 2.30. The molecule has 1 unspecified atom stereocenters. The second-order valence-corrected chi connectivity index (χ2v) is 6.04. The van der Waals surface area contributed by atoms with Crippen molar-refractivity contribution in [2.24, 2.45) is 0 Å². The summed E-state index contributed by atoms with van der Waals surface area (Å²) in [5.41, 5.74) is 0.451. The van der Waals surface area contributed by atoms with Crippen molar-refractivity contribution in [3.8, 4) is 0 Å². The molecule has 100 valence electrons. The SMILES string of the molecule is CCOC(=O)C(O)c1ccc(SC(C)C)c(Cl)c1. The second kappa shape index (κ2) is 7.02. The quantitative estimate of drug-likeness (QED) is 0.666. The number of aliphatic hydroxyl groups is 1. The van der Waals surface area contributed by atoms with Gasteiger partial charge in [-0.25, -0.2) is 4.79 Å². The highest BCUT2D eigenvalue weighted by Gasteiger charge is 2.19. The summed E-state index contributed by atoms with van der Waals surface area (Å²) in [6.07, 6.45) is -1.28. The third-order valence-electron chi connectivity index (χ3n) is 2.14. The van der Waals surface area contributed by atoms with Gasteiger partial charge in [-0.3, -0.25) is 0 Å². The Bertz CT molecular complexity index is 421. The lowest BCUT2D eigenvalue weighted by Gasteiger charge is -2.12. The number of carbonyl (C=O) groups excluding carboxylic acids is 1. The molecule has 0 aliphatic rings. The first kappa shape index (κ1) is 15.3. The van der Waals surface area contributed by atoms with Crippen molar-refractivity contribution in [3.63, 3.8) is 0 Å². The molecule has 0 amide bonds. The van der Waals surface area contributed by atoms with E-state index in [2.05, 4.69) is 13.8 Å². The summed E-state index contributed by atoms with van der Waals surface area (Å²) >= 11 is 7.75. The van der Waals surface area contributed by atoms with Gasteiger partial charge in [0, 0.05) is 10.1 Å². The molecular formula is C13H17ClO3S. The monoisotopic (exact) mass is 288 g/mol. The van der Waals surface area contributed by atoms with Crippen LogP contribution in [0.3, 0.4) is 0 Å². The van der Waals surface area contributed by atoms with Crippen LogP contribution in [-0.2, 0) is 9.53 Å². The number of ether oxygens (including phenoxy) is 1. The predicted molar refractivity (Wildman–Crippen MR) is 74.0 cm³/mol. The normalized spacial score (nSPS) is 12.6. The lowest BCUT2D eigenvalue weighted by molar-refractivity contribution is -0.153. The second-order valence-electron chi connectivity index (χ2n) is 4.01. The van der Waals surface area contributed by atoms with E-state index in [1.54, 1.807) is 30.8 Å². The molecule has 1 N–H and O–H groups in total. The van der Waals surface area contributed by atoms with Crippen LogP contribution in [0, 0.1) is 0 Å². The van der Waals surface area contributed by atoms with Crippen molar-refractivity contribution < 1.29 is 14.6 Å². The van der Waals surface area contributed by atoms with E-state index in [1.807, 2.05) is 6.07 Å². The molecule has 0 saturated heterocycles. The Hall–Kier alpha value is -0.710. The molecule has 18 heavy (non-hydrogen) atoms. The molecule has 0 aromatic heterocycles. The van der Waals surface area contributed by atoms with Crippen molar-refractivity contribution in [3.05, 3.63) is 28.8 Å². The zero-order chi connectivity index (χ0) is 13.7. The van der Waals surface area contributed by atoms with Gasteiger partial charge in [-0.2, -0.15) is 0 Å². The number of esters is 1. The Labute approximate surface area is 116 Å². The molecule has 1 aromatic rings. The first-order valence-corrected chi connectivity index (χ1v) is 7.02. The summed E-state index contributed by atoms with van der Waals surface area (Å²) in [7, 11) is 0. The predicted octanol–water partition coefficient (Wildman–Crippen LogP) is 3.44. The summed E-state index contributed by atoms with van der Waals surface area (Å²) in [5.74, 6) is -0.655. The molecule has 1 atom stereocenters. The molecule has 0 fully saturated rings.